The standard InChI is InChI=1S/C44H29N6/c1-3-11-30(12-4-1)39-28-48(29-40(47-39)31-13-5-2-6-14-31)32-23-33(49-41-17-9-7-15-35(41)37-26-45-21-19-43(37)49)25-34(24-32)50-42-18-10-8-16-36(42)38-27-46-22-20-44(38)50/h1-29H/q+1. The predicted molar refractivity (Wildman–Crippen MR) is 201 cm³/mol. The molecule has 5 heterocycles. The maximum absolute atomic E-state index is 5.16. The van der Waals surface area contributed by atoms with E-state index in [1.54, 1.807) is 0 Å². The van der Waals surface area contributed by atoms with Crippen molar-refractivity contribution in [3.63, 3.8) is 0 Å². The highest BCUT2D eigenvalue weighted by molar-refractivity contribution is 6.10. The summed E-state index contributed by atoms with van der Waals surface area (Å²) in [6.45, 7) is 0. The van der Waals surface area contributed by atoms with Gasteiger partial charge in [0.15, 0.2) is 0 Å². The van der Waals surface area contributed by atoms with Gasteiger partial charge in [-0.3, -0.25) is 9.97 Å². The van der Waals surface area contributed by atoms with E-state index in [2.05, 4.69) is 163 Å². The first kappa shape index (κ1) is 28.1. The average Bonchev–Trinajstić information content (AvgIpc) is 3.71. The topological polar surface area (TPSA) is 52.4 Å². The summed E-state index contributed by atoms with van der Waals surface area (Å²) in [6, 6.07) is 48.9. The lowest BCUT2D eigenvalue weighted by Gasteiger charge is -2.14. The molecular formula is C44H29N6+. The quantitative estimate of drug-likeness (QED) is 0.176. The smallest absolute Gasteiger partial charge is 0.214 e. The van der Waals surface area contributed by atoms with Gasteiger partial charge in [-0.05, 0) is 30.3 Å². The molecule has 0 aliphatic heterocycles. The molecular weight excluding hydrogens is 613 g/mol. The van der Waals surface area contributed by atoms with Crippen molar-refractivity contribution in [3.05, 3.63) is 177 Å². The van der Waals surface area contributed by atoms with Crippen LogP contribution in [0.5, 0.6) is 0 Å². The van der Waals surface area contributed by atoms with Crippen LogP contribution in [0.3, 0.4) is 0 Å². The van der Waals surface area contributed by atoms with Crippen molar-refractivity contribution in [1.82, 2.24) is 24.1 Å². The van der Waals surface area contributed by atoms with Crippen molar-refractivity contribution in [2.45, 2.75) is 0 Å². The summed E-state index contributed by atoms with van der Waals surface area (Å²) < 4.78 is 6.93. The number of benzene rings is 5. The lowest BCUT2D eigenvalue weighted by atomic mass is 10.1. The van der Waals surface area contributed by atoms with Gasteiger partial charge in [-0.15, -0.1) is 0 Å². The summed E-state index contributed by atoms with van der Waals surface area (Å²) in [5.41, 5.74) is 11.4. The van der Waals surface area contributed by atoms with Crippen molar-refractivity contribution in [2.75, 3.05) is 0 Å². The lowest BCUT2D eigenvalue weighted by molar-refractivity contribution is -0.595. The normalized spacial score (nSPS) is 11.6. The van der Waals surface area contributed by atoms with Gasteiger partial charge in [0.05, 0.1) is 33.4 Å². The number of para-hydroxylation sites is 2. The molecule has 0 N–H and O–H groups in total. The molecule has 10 aromatic rings. The van der Waals surface area contributed by atoms with E-state index in [0.29, 0.717) is 0 Å². The maximum Gasteiger partial charge on any atom is 0.214 e. The number of fused-ring (bicyclic) bond motifs is 6. The van der Waals surface area contributed by atoms with E-state index in [1.165, 1.54) is 10.8 Å². The molecule has 0 saturated carbocycles. The minimum atomic E-state index is 0.893. The molecule has 0 aliphatic rings. The third kappa shape index (κ3) is 4.50. The first-order valence-corrected chi connectivity index (χ1v) is 16.7. The molecule has 5 aromatic carbocycles. The van der Waals surface area contributed by atoms with Crippen LogP contribution in [-0.2, 0) is 0 Å². The Balaban J connectivity index is 1.31. The third-order valence-electron chi connectivity index (χ3n) is 9.55. The molecule has 50 heavy (non-hydrogen) atoms. The Labute approximate surface area is 287 Å². The van der Waals surface area contributed by atoms with Crippen LogP contribution in [0.4, 0.5) is 0 Å². The number of nitrogens with zero attached hydrogens (tertiary/aromatic N) is 6. The Morgan fingerprint density at radius 3 is 1.36 bits per heavy atom. The fraction of sp³-hybridized carbons (Fsp3) is 0. The van der Waals surface area contributed by atoms with Crippen molar-refractivity contribution >= 4 is 43.6 Å². The maximum atomic E-state index is 5.16. The van der Waals surface area contributed by atoms with Crippen molar-refractivity contribution in [1.29, 1.82) is 0 Å². The molecule has 6 heteroatoms. The van der Waals surface area contributed by atoms with E-state index in [1.807, 2.05) is 36.9 Å². The largest absolute Gasteiger partial charge is 0.309 e. The number of hydrogen-bond acceptors (Lipinski definition) is 3. The van der Waals surface area contributed by atoms with Gasteiger partial charge in [-0.25, -0.2) is 4.98 Å². The first-order chi connectivity index (χ1) is 24.8. The first-order valence-electron chi connectivity index (χ1n) is 16.7. The van der Waals surface area contributed by atoms with Crippen molar-refractivity contribution in [2.24, 2.45) is 0 Å². The van der Waals surface area contributed by atoms with Crippen LogP contribution in [0.15, 0.2) is 177 Å². The molecule has 0 atom stereocenters. The molecule has 0 fully saturated rings. The Bertz CT molecular complexity index is 2570. The summed E-state index contributed by atoms with van der Waals surface area (Å²) in [5.74, 6) is 0. The molecule has 0 unspecified atom stereocenters. The Kier molecular flexibility index (Phi) is 6.39. The number of pyridine rings is 2. The fourth-order valence-corrected chi connectivity index (χ4v) is 7.31. The SMILES string of the molecule is c1ccc(-c2c[n+](-c3cc(-n4c5ccccc5c5cnccc54)cc(-n4c5ccccc5c5cnccc54)c3)cc(-c3ccccc3)n2)cc1. The number of rotatable bonds is 5. The molecule has 0 bridgehead atoms. The van der Waals surface area contributed by atoms with Gasteiger partial charge in [0.1, 0.15) is 11.4 Å². The molecule has 10 rings (SSSR count). The predicted octanol–water partition coefficient (Wildman–Crippen LogP) is 9.68. The van der Waals surface area contributed by atoms with E-state index < -0.39 is 0 Å². The average molecular weight is 642 g/mol. The molecule has 234 valence electrons. The second-order valence-corrected chi connectivity index (χ2v) is 12.5. The fourth-order valence-electron chi connectivity index (χ4n) is 7.31. The van der Waals surface area contributed by atoms with E-state index in [-0.39, 0.29) is 0 Å². The van der Waals surface area contributed by atoms with Crippen LogP contribution in [0.1, 0.15) is 0 Å². The zero-order chi connectivity index (χ0) is 33.0. The highest BCUT2D eigenvalue weighted by Crippen LogP contribution is 2.36. The number of aromatic nitrogens is 6. The van der Waals surface area contributed by atoms with Crippen molar-refractivity contribution in [3.8, 4) is 39.6 Å². The summed E-state index contributed by atoms with van der Waals surface area (Å²) in [6.07, 6.45) is 12.0. The van der Waals surface area contributed by atoms with E-state index >= 15 is 0 Å². The van der Waals surface area contributed by atoms with Crippen LogP contribution in [0.2, 0.25) is 0 Å². The number of hydrogen-bond donors (Lipinski definition) is 0. The molecule has 0 spiro atoms. The molecule has 0 aliphatic carbocycles. The second kappa shape index (κ2) is 11.4. The minimum absolute atomic E-state index is 0.893. The second-order valence-electron chi connectivity index (χ2n) is 12.5. The van der Waals surface area contributed by atoms with Gasteiger partial charge < -0.3 is 9.13 Å². The summed E-state index contributed by atoms with van der Waals surface area (Å²) in [7, 11) is 0. The summed E-state index contributed by atoms with van der Waals surface area (Å²) in [4.78, 5) is 14.2. The molecule has 0 amide bonds. The molecule has 0 radical (unpaired) electrons. The van der Waals surface area contributed by atoms with E-state index in [9.17, 15) is 0 Å². The Hall–Kier alpha value is -6.92. The Morgan fingerprint density at radius 1 is 0.420 bits per heavy atom. The van der Waals surface area contributed by atoms with Gasteiger partial charge in [0.25, 0.3) is 0 Å². The highest BCUT2D eigenvalue weighted by Gasteiger charge is 2.21. The summed E-state index contributed by atoms with van der Waals surface area (Å²) in [5, 5.41) is 4.57. The van der Waals surface area contributed by atoms with Crippen LogP contribution >= 0.6 is 0 Å². The molecule has 6 nitrogen and oxygen atoms in total. The third-order valence-corrected chi connectivity index (χ3v) is 9.55. The molecule has 5 aromatic heterocycles. The van der Waals surface area contributed by atoms with E-state index in [0.717, 1.165) is 72.4 Å². The van der Waals surface area contributed by atoms with Gasteiger partial charge in [0, 0.05) is 69.6 Å². The van der Waals surface area contributed by atoms with Gasteiger partial charge in [-0.1, -0.05) is 97.1 Å². The van der Waals surface area contributed by atoms with Gasteiger partial charge in [0.2, 0.25) is 18.1 Å². The van der Waals surface area contributed by atoms with Crippen LogP contribution < -0.4 is 4.57 Å². The zero-order valence-electron chi connectivity index (χ0n) is 26.9. The zero-order valence-corrected chi connectivity index (χ0v) is 26.9. The summed E-state index contributed by atoms with van der Waals surface area (Å²) >= 11 is 0. The molecule has 0 saturated heterocycles. The lowest BCUT2D eigenvalue weighted by Crippen LogP contribution is -2.31. The van der Waals surface area contributed by atoms with Gasteiger partial charge >= 0.3 is 0 Å². The van der Waals surface area contributed by atoms with Gasteiger partial charge in [-0.2, -0.15) is 4.57 Å². The minimum Gasteiger partial charge on any atom is -0.309 e. The van der Waals surface area contributed by atoms with Crippen LogP contribution in [0, 0.1) is 0 Å². The monoisotopic (exact) mass is 641 g/mol. The van der Waals surface area contributed by atoms with E-state index in [4.69, 9.17) is 4.98 Å². The van der Waals surface area contributed by atoms with Crippen molar-refractivity contribution < 1.29 is 4.57 Å². The van der Waals surface area contributed by atoms with Crippen LogP contribution in [-0.4, -0.2) is 24.1 Å². The highest BCUT2D eigenvalue weighted by atomic mass is 15.0. The Morgan fingerprint density at radius 2 is 0.860 bits per heavy atom. The van der Waals surface area contributed by atoms with Crippen LogP contribution in [0.25, 0.3) is 83.2 Å².